The molecule has 0 saturated carbocycles. The summed E-state index contributed by atoms with van der Waals surface area (Å²) in [4.78, 5) is 0. The molecule has 4 aliphatic carbocycles. The molecule has 14 rings (SSSR count). The van der Waals surface area contributed by atoms with Gasteiger partial charge in [0, 0.05) is 89.0 Å². The standard InChI is InChI=1S/C128H144O4/c1-5-9-13-17-21-25-29-33-37-41-97-129-125-89-73-113(74-90-125)65-53-105-45-57-109(58-46-105)69-81-117-101-122-87-88-124-104-119(83-71-111-61-49-107(50-62-111)55-67-115-77-93-127(94-78-115)131-99-43-39-35-31-27-23-19-15-11-7-3)123(103-120(124)84-72-112-63-51-108(52-64-112)56-68-116-79-95-128(96-80-116)132-100-44-40-36-32-28-24-20-16-12-8-4)86-85-121(117)102-118(122)82-70-110-59-47-106(48-60-110)54-66-114-75-91-126(92-76-114)130-98-42-38-34-30-26-22-18-14-10-6-2/h45-52,57-64,73-80,89-96,101-104H,5-44,85-88,97-100H2,1-4H3. The molecule has 0 N–H and O–H groups in total. The summed E-state index contributed by atoms with van der Waals surface area (Å²) in [6.45, 7) is 12.1. The molecule has 0 unspecified atom stereocenters. The number of aryl methyl sites for hydroxylation is 4. The normalized spacial score (nSPS) is 11.0. The monoisotopic (exact) mass is 1750 g/mol. The van der Waals surface area contributed by atoms with Crippen LogP contribution in [-0.4, -0.2) is 26.4 Å². The fourth-order valence-corrected chi connectivity index (χ4v) is 16.5. The van der Waals surface area contributed by atoms with E-state index in [1.54, 1.807) is 0 Å². The summed E-state index contributed by atoms with van der Waals surface area (Å²) < 4.78 is 24.5. The Morgan fingerprint density at radius 2 is 0.273 bits per heavy atom. The van der Waals surface area contributed by atoms with E-state index >= 15 is 0 Å². The summed E-state index contributed by atoms with van der Waals surface area (Å²) in [6.07, 6.45) is 55.0. The van der Waals surface area contributed by atoms with Gasteiger partial charge in [-0.05, 0) is 292 Å². The van der Waals surface area contributed by atoms with Crippen LogP contribution >= 0.6 is 0 Å². The van der Waals surface area contributed by atoms with Crippen molar-refractivity contribution in [1.82, 2.24) is 0 Å². The lowest BCUT2D eigenvalue weighted by Crippen LogP contribution is -2.07. The van der Waals surface area contributed by atoms with E-state index in [-0.39, 0.29) is 0 Å². The second-order valence-corrected chi connectivity index (χ2v) is 35.9. The second kappa shape index (κ2) is 61.5. The smallest absolute Gasteiger partial charge is 0.119 e. The summed E-state index contributed by atoms with van der Waals surface area (Å²) >= 11 is 0. The molecule has 0 aliphatic heterocycles. The highest BCUT2D eigenvalue weighted by atomic mass is 16.5. The number of hydrogen-bond donors (Lipinski definition) is 0. The zero-order valence-corrected chi connectivity index (χ0v) is 80.4. The Bertz CT molecular complexity index is 4880. The lowest BCUT2D eigenvalue weighted by atomic mass is 9.86. The minimum absolute atomic E-state index is 0.686. The van der Waals surface area contributed by atoms with Crippen LogP contribution in [0.4, 0.5) is 0 Å². The number of hydrogen-bond acceptors (Lipinski definition) is 4. The van der Waals surface area contributed by atoms with Crippen molar-refractivity contribution in [2.45, 2.75) is 310 Å². The van der Waals surface area contributed by atoms with Crippen LogP contribution in [0.3, 0.4) is 0 Å². The SMILES string of the molecule is CCCCCCCCCCCCOc1ccc(C#Cc2ccc(C#Cc3cc4c(C#Cc5ccc(C#Cc6ccc(OCCCCCCCCCCCC)cc6)cc5)cc3CCc3cc(C#Cc5ccc(C#Cc6ccc(OCCCCCCCCCCCC)cc6)cc5)c(cc3C#Cc3ccc(C#Cc5ccc(OCCCCCCCCCCCC)cc5)cc3)CC4)cc2)cc1. The van der Waals surface area contributed by atoms with Gasteiger partial charge in [0.2, 0.25) is 0 Å². The topological polar surface area (TPSA) is 36.9 Å². The zero-order chi connectivity index (χ0) is 91.4. The largest absolute Gasteiger partial charge is 0.494 e. The molecule has 0 radical (unpaired) electrons. The molecule has 0 amide bonds. The van der Waals surface area contributed by atoms with E-state index in [2.05, 4.69) is 292 Å². The van der Waals surface area contributed by atoms with E-state index in [9.17, 15) is 0 Å². The Hall–Kier alpha value is -12.1. The van der Waals surface area contributed by atoms with Crippen LogP contribution in [0.2, 0.25) is 0 Å². The van der Waals surface area contributed by atoms with Gasteiger partial charge in [-0.25, -0.2) is 0 Å². The van der Waals surface area contributed by atoms with Crippen LogP contribution in [0.15, 0.2) is 218 Å². The first-order valence-corrected chi connectivity index (χ1v) is 51.1. The van der Waals surface area contributed by atoms with Crippen LogP contribution in [-0.2, 0) is 25.7 Å². The molecule has 4 aliphatic rings. The Morgan fingerprint density at radius 3 is 0.417 bits per heavy atom. The van der Waals surface area contributed by atoms with Gasteiger partial charge in [0.15, 0.2) is 0 Å². The maximum atomic E-state index is 6.13. The van der Waals surface area contributed by atoms with Gasteiger partial charge in [0.1, 0.15) is 23.0 Å². The van der Waals surface area contributed by atoms with Gasteiger partial charge < -0.3 is 18.9 Å². The Kier molecular flexibility index (Phi) is 46.8. The van der Waals surface area contributed by atoms with E-state index < -0.39 is 0 Å². The summed E-state index contributed by atoms with van der Waals surface area (Å²) in [6, 6.07) is 75.0. The van der Waals surface area contributed by atoms with E-state index in [0.717, 1.165) is 186 Å². The summed E-state index contributed by atoms with van der Waals surface area (Å²) in [5, 5.41) is 0. The van der Waals surface area contributed by atoms with Gasteiger partial charge >= 0.3 is 0 Å². The van der Waals surface area contributed by atoms with Gasteiger partial charge in [-0.15, -0.1) is 0 Å². The molecule has 0 atom stereocenters. The van der Waals surface area contributed by atoms with Gasteiger partial charge in [-0.2, -0.15) is 0 Å². The molecule has 10 aromatic rings. The predicted octanol–water partition coefficient (Wildman–Crippen LogP) is 32.0. The van der Waals surface area contributed by atoms with E-state index in [4.69, 9.17) is 18.9 Å². The average molecular weight is 1750 g/mol. The van der Waals surface area contributed by atoms with Gasteiger partial charge in [0.25, 0.3) is 0 Å². The summed E-state index contributed by atoms with van der Waals surface area (Å²) in [7, 11) is 0. The van der Waals surface area contributed by atoms with E-state index in [0.29, 0.717) is 25.7 Å². The quantitative estimate of drug-likeness (QED) is 0.0281. The molecule has 10 aromatic carbocycles. The molecule has 4 heteroatoms. The molecule has 680 valence electrons. The van der Waals surface area contributed by atoms with Crippen molar-refractivity contribution in [3.63, 3.8) is 0 Å². The number of unbranched alkanes of at least 4 members (excludes halogenated alkanes) is 36. The van der Waals surface area contributed by atoms with Crippen molar-refractivity contribution in [2.75, 3.05) is 26.4 Å². The van der Waals surface area contributed by atoms with E-state index in [1.165, 1.54) is 231 Å². The molecule has 0 fully saturated rings. The third kappa shape index (κ3) is 39.5. The maximum Gasteiger partial charge on any atom is 0.119 e. The molecule has 132 heavy (non-hydrogen) atoms. The van der Waals surface area contributed by atoms with Crippen LogP contribution in [0.25, 0.3) is 0 Å². The van der Waals surface area contributed by atoms with Gasteiger partial charge in [-0.1, -0.05) is 354 Å². The lowest BCUT2D eigenvalue weighted by molar-refractivity contribution is 0.304. The van der Waals surface area contributed by atoms with Crippen molar-refractivity contribution in [3.05, 3.63) is 330 Å². The lowest BCUT2D eigenvalue weighted by Gasteiger charge is -2.17. The number of rotatable bonds is 48. The average Bonchev–Trinajstić information content (AvgIpc) is 0.793. The first-order chi connectivity index (χ1) is 65.3. The first kappa shape index (κ1) is 100. The van der Waals surface area contributed by atoms with Crippen molar-refractivity contribution in [3.8, 4) is 118 Å². The third-order valence-electron chi connectivity index (χ3n) is 24.8. The summed E-state index contributed by atoms with van der Waals surface area (Å²) in [5.41, 5.74) is 19.6. The summed E-state index contributed by atoms with van der Waals surface area (Å²) in [5.74, 6) is 59.7. The zero-order valence-electron chi connectivity index (χ0n) is 80.4. The molecule has 0 heterocycles. The fraction of sp³-hybridized carbons (Fsp3) is 0.406. The predicted molar refractivity (Wildman–Crippen MR) is 556 cm³/mol. The highest BCUT2D eigenvalue weighted by molar-refractivity contribution is 5.61. The molecule has 0 spiro atoms. The van der Waals surface area contributed by atoms with E-state index in [1.807, 2.05) is 48.5 Å². The van der Waals surface area contributed by atoms with Crippen molar-refractivity contribution < 1.29 is 18.9 Å². The van der Waals surface area contributed by atoms with Crippen LogP contribution in [0, 0.1) is 94.7 Å². The molecule has 0 saturated heterocycles. The first-order valence-electron chi connectivity index (χ1n) is 51.1. The minimum atomic E-state index is 0.686. The second-order valence-electron chi connectivity index (χ2n) is 35.9. The fourth-order valence-electron chi connectivity index (χ4n) is 16.5. The molecule has 4 nitrogen and oxygen atoms in total. The highest BCUT2D eigenvalue weighted by Gasteiger charge is 2.17. The van der Waals surface area contributed by atoms with Crippen molar-refractivity contribution >= 4 is 0 Å². The Labute approximate surface area is 797 Å². The maximum absolute atomic E-state index is 6.13. The molecule has 4 bridgehead atoms. The van der Waals surface area contributed by atoms with Crippen LogP contribution < -0.4 is 18.9 Å². The van der Waals surface area contributed by atoms with Crippen LogP contribution in [0.1, 0.15) is 396 Å². The van der Waals surface area contributed by atoms with Gasteiger partial charge in [-0.3, -0.25) is 0 Å². The molecular weight excluding hydrogens is 1600 g/mol. The van der Waals surface area contributed by atoms with Gasteiger partial charge in [0.05, 0.1) is 26.4 Å². The molecule has 0 aromatic heterocycles. The van der Waals surface area contributed by atoms with Crippen molar-refractivity contribution in [1.29, 1.82) is 0 Å². The number of ether oxygens (including phenoxy) is 4. The Morgan fingerprint density at radius 1 is 0.152 bits per heavy atom. The Balaban J connectivity index is 0.808. The van der Waals surface area contributed by atoms with Crippen molar-refractivity contribution in [2.24, 2.45) is 0 Å². The molecular formula is C128H144O4. The number of benzene rings is 10. The third-order valence-corrected chi connectivity index (χ3v) is 24.8. The van der Waals surface area contributed by atoms with Crippen LogP contribution in [0.5, 0.6) is 23.0 Å². The minimum Gasteiger partial charge on any atom is -0.494 e. The highest BCUT2D eigenvalue weighted by Crippen LogP contribution is 2.29.